The van der Waals surface area contributed by atoms with Crippen molar-refractivity contribution in [2.45, 2.75) is 40.2 Å². The molecule has 2 aromatic carbocycles. The van der Waals surface area contributed by atoms with Gasteiger partial charge < -0.3 is 14.2 Å². The minimum atomic E-state index is -1.12. The van der Waals surface area contributed by atoms with Gasteiger partial charge in [-0.1, -0.05) is 18.2 Å². The molecule has 0 saturated carbocycles. The molecule has 0 aliphatic carbocycles. The molecule has 6 nitrogen and oxygen atoms in total. The number of carbonyl (C=O) groups is 2. The van der Waals surface area contributed by atoms with Gasteiger partial charge in [0.2, 0.25) is 0 Å². The monoisotopic (exact) mass is 421 g/mol. The first-order valence-corrected chi connectivity index (χ1v) is 10.3. The molecule has 0 aliphatic heterocycles. The van der Waals surface area contributed by atoms with Gasteiger partial charge in [-0.15, -0.1) is 0 Å². The van der Waals surface area contributed by atoms with Crippen molar-refractivity contribution in [1.29, 1.82) is 0 Å². The van der Waals surface area contributed by atoms with Gasteiger partial charge in [0.1, 0.15) is 5.75 Å². The summed E-state index contributed by atoms with van der Waals surface area (Å²) in [5.41, 5.74) is 2.41. The van der Waals surface area contributed by atoms with Gasteiger partial charge in [0.25, 0.3) is 0 Å². The Hall–Kier alpha value is -3.41. The quantitative estimate of drug-likeness (QED) is 0.494. The van der Waals surface area contributed by atoms with Crippen LogP contribution in [-0.2, 0) is 14.3 Å². The second kappa shape index (κ2) is 9.16. The maximum Gasteiger partial charge on any atom is 0.349 e. The fourth-order valence-corrected chi connectivity index (χ4v) is 3.25. The largest absolute Gasteiger partial charge is 0.476 e. The summed E-state index contributed by atoms with van der Waals surface area (Å²) in [5.74, 6) is -0.344. The van der Waals surface area contributed by atoms with E-state index in [9.17, 15) is 9.59 Å². The molecule has 1 aromatic heterocycles. The molecule has 0 aliphatic rings. The van der Waals surface area contributed by atoms with Crippen LogP contribution >= 0.6 is 0 Å². The second-order valence-corrected chi connectivity index (χ2v) is 7.61. The minimum absolute atomic E-state index is 0.278. The molecule has 162 valence electrons. The van der Waals surface area contributed by atoms with E-state index in [-0.39, 0.29) is 13.2 Å². The lowest BCUT2D eigenvalue weighted by Gasteiger charge is -2.24. The summed E-state index contributed by atoms with van der Waals surface area (Å²) in [5, 5.41) is 0.878. The maximum absolute atomic E-state index is 12.6. The van der Waals surface area contributed by atoms with E-state index in [1.807, 2.05) is 43.3 Å². The van der Waals surface area contributed by atoms with E-state index >= 15 is 0 Å². The summed E-state index contributed by atoms with van der Waals surface area (Å²) >= 11 is 0. The van der Waals surface area contributed by atoms with Crippen LogP contribution in [0.15, 0.2) is 48.5 Å². The number of esters is 2. The van der Waals surface area contributed by atoms with Crippen LogP contribution in [0.4, 0.5) is 0 Å². The molecular formula is C25H27NO5. The highest BCUT2D eigenvalue weighted by atomic mass is 16.6. The number of hydrogen-bond acceptors (Lipinski definition) is 6. The molecule has 0 N–H and O–H groups in total. The van der Waals surface area contributed by atoms with Gasteiger partial charge in [-0.25, -0.2) is 14.6 Å². The van der Waals surface area contributed by atoms with Gasteiger partial charge in [-0.05, 0) is 70.5 Å². The molecule has 0 unspecified atom stereocenters. The fourth-order valence-electron chi connectivity index (χ4n) is 3.25. The zero-order chi connectivity index (χ0) is 22.6. The molecule has 3 rings (SSSR count). The van der Waals surface area contributed by atoms with Crippen molar-refractivity contribution in [3.8, 4) is 17.0 Å². The van der Waals surface area contributed by atoms with E-state index in [4.69, 9.17) is 19.2 Å². The number of ether oxygens (including phenoxy) is 3. The molecule has 3 aromatic rings. The van der Waals surface area contributed by atoms with Crippen molar-refractivity contribution in [2.75, 3.05) is 13.2 Å². The number of nitrogens with zero attached hydrogens (tertiary/aromatic N) is 1. The number of aryl methyl sites for hydroxylation is 1. The summed E-state index contributed by atoms with van der Waals surface area (Å²) < 4.78 is 16.1. The Morgan fingerprint density at radius 2 is 1.65 bits per heavy atom. The van der Waals surface area contributed by atoms with E-state index in [1.165, 1.54) is 0 Å². The average molecular weight is 421 g/mol. The molecule has 1 heterocycles. The number of benzene rings is 2. The van der Waals surface area contributed by atoms with Gasteiger partial charge >= 0.3 is 11.9 Å². The number of carbonyl (C=O) groups excluding carboxylic acids is 2. The second-order valence-electron chi connectivity index (χ2n) is 7.61. The van der Waals surface area contributed by atoms with Crippen LogP contribution in [0.2, 0.25) is 0 Å². The van der Waals surface area contributed by atoms with Crippen LogP contribution in [-0.4, -0.2) is 35.7 Å². The topological polar surface area (TPSA) is 74.7 Å². The molecule has 0 spiro atoms. The van der Waals surface area contributed by atoms with Crippen LogP contribution in [0, 0.1) is 6.92 Å². The molecule has 0 fully saturated rings. The standard InChI is InChI=1S/C25H27NO5/c1-6-29-23(27)20-15-18-10-8-9-16(3)21(18)26-22(20)17-11-13-19(14-12-17)31-25(4,5)24(28)30-7-2/h8-15H,6-7H2,1-5H3. The molecule has 0 radical (unpaired) electrons. The predicted octanol–water partition coefficient (Wildman–Crippen LogP) is 5.11. The third-order valence-electron chi connectivity index (χ3n) is 4.81. The van der Waals surface area contributed by atoms with Gasteiger partial charge in [-0.2, -0.15) is 0 Å². The van der Waals surface area contributed by atoms with E-state index in [2.05, 4.69) is 0 Å². The Morgan fingerprint density at radius 3 is 2.29 bits per heavy atom. The number of fused-ring (bicyclic) bond motifs is 1. The zero-order valence-corrected chi connectivity index (χ0v) is 18.5. The number of pyridine rings is 1. The van der Waals surface area contributed by atoms with Crippen LogP contribution < -0.4 is 4.74 Å². The SMILES string of the molecule is CCOC(=O)c1cc2cccc(C)c2nc1-c1ccc(OC(C)(C)C(=O)OCC)cc1. The lowest BCUT2D eigenvalue weighted by Crippen LogP contribution is -2.39. The Labute approximate surface area is 182 Å². The summed E-state index contributed by atoms with van der Waals surface area (Å²) in [6.07, 6.45) is 0. The van der Waals surface area contributed by atoms with Crippen molar-refractivity contribution < 1.29 is 23.8 Å². The van der Waals surface area contributed by atoms with Crippen molar-refractivity contribution in [1.82, 2.24) is 4.98 Å². The number of aromatic nitrogens is 1. The maximum atomic E-state index is 12.6. The zero-order valence-electron chi connectivity index (χ0n) is 18.5. The van der Waals surface area contributed by atoms with Gasteiger partial charge in [0.15, 0.2) is 5.60 Å². The molecule has 0 amide bonds. The third kappa shape index (κ3) is 4.85. The first-order valence-electron chi connectivity index (χ1n) is 10.3. The molecule has 6 heteroatoms. The Morgan fingerprint density at radius 1 is 0.968 bits per heavy atom. The van der Waals surface area contributed by atoms with E-state index < -0.39 is 17.5 Å². The third-order valence-corrected chi connectivity index (χ3v) is 4.81. The summed E-state index contributed by atoms with van der Waals surface area (Å²) in [7, 11) is 0. The summed E-state index contributed by atoms with van der Waals surface area (Å²) in [6, 6.07) is 14.8. The van der Waals surface area contributed by atoms with Crippen molar-refractivity contribution in [3.05, 3.63) is 59.7 Å². The lowest BCUT2D eigenvalue weighted by molar-refractivity contribution is -0.158. The summed E-state index contributed by atoms with van der Waals surface area (Å²) in [4.78, 5) is 29.5. The fraction of sp³-hybridized carbons (Fsp3) is 0.320. The number of para-hydroxylation sites is 1. The van der Waals surface area contributed by atoms with Crippen molar-refractivity contribution in [2.24, 2.45) is 0 Å². The Kier molecular flexibility index (Phi) is 6.59. The lowest BCUT2D eigenvalue weighted by atomic mass is 10.0. The average Bonchev–Trinajstić information content (AvgIpc) is 2.74. The normalized spacial score (nSPS) is 11.3. The van der Waals surface area contributed by atoms with Crippen LogP contribution in [0.25, 0.3) is 22.2 Å². The Bertz CT molecular complexity index is 1100. The van der Waals surface area contributed by atoms with Crippen LogP contribution in [0.5, 0.6) is 5.75 Å². The summed E-state index contributed by atoms with van der Waals surface area (Å²) in [6.45, 7) is 9.39. The molecule has 0 saturated heterocycles. The molecule has 31 heavy (non-hydrogen) atoms. The smallest absolute Gasteiger partial charge is 0.349 e. The highest BCUT2D eigenvalue weighted by molar-refractivity contribution is 6.00. The number of hydrogen-bond donors (Lipinski definition) is 0. The van der Waals surface area contributed by atoms with Crippen LogP contribution in [0.3, 0.4) is 0 Å². The Balaban J connectivity index is 2.00. The van der Waals surface area contributed by atoms with Crippen molar-refractivity contribution >= 4 is 22.8 Å². The molecule has 0 bridgehead atoms. The first kappa shape index (κ1) is 22.3. The van der Waals surface area contributed by atoms with Gasteiger partial charge in [0.05, 0.1) is 30.0 Å². The minimum Gasteiger partial charge on any atom is -0.476 e. The van der Waals surface area contributed by atoms with Gasteiger partial charge in [0, 0.05) is 10.9 Å². The molecular weight excluding hydrogens is 394 g/mol. The van der Waals surface area contributed by atoms with E-state index in [0.29, 0.717) is 17.0 Å². The van der Waals surface area contributed by atoms with Gasteiger partial charge in [-0.3, -0.25) is 0 Å². The predicted molar refractivity (Wildman–Crippen MR) is 119 cm³/mol. The first-order chi connectivity index (χ1) is 14.8. The van der Waals surface area contributed by atoms with Crippen LogP contribution in [0.1, 0.15) is 43.6 Å². The van der Waals surface area contributed by atoms with Crippen molar-refractivity contribution in [3.63, 3.8) is 0 Å². The van der Waals surface area contributed by atoms with E-state index in [1.54, 1.807) is 39.8 Å². The molecule has 0 atom stereocenters. The highest BCUT2D eigenvalue weighted by Gasteiger charge is 2.31. The highest BCUT2D eigenvalue weighted by Crippen LogP contribution is 2.30. The van der Waals surface area contributed by atoms with E-state index in [0.717, 1.165) is 22.0 Å². The number of rotatable bonds is 7.